The Labute approximate surface area is 128 Å². The van der Waals surface area contributed by atoms with Gasteiger partial charge in [-0.25, -0.2) is 13.8 Å². The maximum absolute atomic E-state index is 13.7. The van der Waals surface area contributed by atoms with Gasteiger partial charge in [-0.2, -0.15) is 8.42 Å². The predicted molar refractivity (Wildman–Crippen MR) is 78.7 cm³/mol. The van der Waals surface area contributed by atoms with Crippen LogP contribution in [0.4, 0.5) is 20.2 Å². The molecule has 0 saturated carbocycles. The zero-order valence-corrected chi connectivity index (χ0v) is 13.1. The molecule has 2 N–H and O–H groups in total. The molecule has 112 valence electrons. The van der Waals surface area contributed by atoms with E-state index >= 15 is 0 Å². The number of benzene rings is 1. The minimum absolute atomic E-state index is 0.161. The summed E-state index contributed by atoms with van der Waals surface area (Å²) < 4.78 is 53.9. The summed E-state index contributed by atoms with van der Waals surface area (Å²) >= 11 is 2.91. The maximum Gasteiger partial charge on any atom is 0.281 e. The minimum atomic E-state index is -4.23. The Morgan fingerprint density at radius 2 is 1.86 bits per heavy atom. The summed E-state index contributed by atoms with van der Waals surface area (Å²) in [4.78, 5) is 3.73. The second kappa shape index (κ2) is 5.94. The van der Waals surface area contributed by atoms with E-state index in [0.717, 1.165) is 12.1 Å². The highest BCUT2D eigenvalue weighted by Gasteiger charge is 2.23. The van der Waals surface area contributed by atoms with Crippen molar-refractivity contribution in [3.05, 3.63) is 46.6 Å². The van der Waals surface area contributed by atoms with Gasteiger partial charge in [0.25, 0.3) is 10.0 Å². The molecule has 0 atom stereocenters. The third-order valence-electron chi connectivity index (χ3n) is 2.54. The first-order valence-electron chi connectivity index (χ1n) is 5.65. The molecule has 1 aromatic carbocycles. The fraction of sp³-hybridized carbons (Fsp3) is 0.0833. The first kappa shape index (κ1) is 15.6. The molecule has 0 aliphatic carbocycles. The SMILES string of the molecule is CNc1cccnc1S(=O)(=O)Nc1c(F)cc(Br)cc1F. The average molecular weight is 378 g/mol. The van der Waals surface area contributed by atoms with E-state index < -0.39 is 27.3 Å². The number of hydrogen-bond donors (Lipinski definition) is 2. The van der Waals surface area contributed by atoms with Gasteiger partial charge in [0, 0.05) is 17.7 Å². The number of anilines is 2. The Morgan fingerprint density at radius 1 is 1.24 bits per heavy atom. The minimum Gasteiger partial charge on any atom is -0.386 e. The summed E-state index contributed by atoms with van der Waals surface area (Å²) in [6, 6.07) is 4.93. The van der Waals surface area contributed by atoms with Crippen molar-refractivity contribution in [1.29, 1.82) is 0 Å². The molecule has 1 heterocycles. The van der Waals surface area contributed by atoms with E-state index in [0.29, 0.717) is 0 Å². The van der Waals surface area contributed by atoms with Gasteiger partial charge in [-0.3, -0.25) is 4.72 Å². The number of hydrogen-bond acceptors (Lipinski definition) is 4. The van der Waals surface area contributed by atoms with Gasteiger partial charge in [-0.05, 0) is 24.3 Å². The van der Waals surface area contributed by atoms with E-state index in [1.807, 2.05) is 4.72 Å². The molecule has 1 aromatic heterocycles. The van der Waals surface area contributed by atoms with Crippen LogP contribution < -0.4 is 10.0 Å². The van der Waals surface area contributed by atoms with Crippen molar-refractivity contribution < 1.29 is 17.2 Å². The van der Waals surface area contributed by atoms with E-state index in [-0.39, 0.29) is 15.2 Å². The molecular formula is C12H10BrF2N3O2S. The number of nitrogens with zero attached hydrogens (tertiary/aromatic N) is 1. The number of halogens is 3. The molecule has 0 spiro atoms. The maximum atomic E-state index is 13.7. The van der Waals surface area contributed by atoms with E-state index in [1.54, 1.807) is 0 Å². The van der Waals surface area contributed by atoms with Crippen LogP contribution >= 0.6 is 15.9 Å². The Morgan fingerprint density at radius 3 is 2.43 bits per heavy atom. The van der Waals surface area contributed by atoms with Gasteiger partial charge >= 0.3 is 0 Å². The molecule has 0 aliphatic heterocycles. The summed E-state index contributed by atoms with van der Waals surface area (Å²) in [7, 11) is -2.72. The standard InChI is InChI=1S/C12H10BrF2N3O2S/c1-16-10-3-2-4-17-12(10)21(19,20)18-11-8(14)5-7(13)6-9(11)15/h2-6,16,18H,1H3. The molecule has 0 amide bonds. The third-order valence-corrected chi connectivity index (χ3v) is 4.30. The van der Waals surface area contributed by atoms with Gasteiger partial charge in [0.05, 0.1) is 5.69 Å². The molecule has 0 radical (unpaired) electrons. The number of sulfonamides is 1. The zero-order chi connectivity index (χ0) is 15.6. The van der Waals surface area contributed by atoms with Gasteiger partial charge in [0.2, 0.25) is 0 Å². The highest BCUT2D eigenvalue weighted by atomic mass is 79.9. The van der Waals surface area contributed by atoms with Crippen molar-refractivity contribution in [2.24, 2.45) is 0 Å². The van der Waals surface area contributed by atoms with Crippen molar-refractivity contribution in [2.45, 2.75) is 5.03 Å². The Hall–Kier alpha value is -1.74. The summed E-state index contributed by atoms with van der Waals surface area (Å²) in [6.45, 7) is 0. The van der Waals surface area contributed by atoms with Gasteiger partial charge < -0.3 is 5.32 Å². The molecular weight excluding hydrogens is 368 g/mol. The monoisotopic (exact) mass is 377 g/mol. The normalized spacial score (nSPS) is 11.2. The second-order valence-electron chi connectivity index (χ2n) is 3.96. The van der Waals surface area contributed by atoms with Crippen LogP contribution in [0.1, 0.15) is 0 Å². The highest BCUT2D eigenvalue weighted by molar-refractivity contribution is 9.10. The molecule has 0 fully saturated rings. The fourth-order valence-corrected chi connectivity index (χ4v) is 3.24. The third kappa shape index (κ3) is 3.30. The van der Waals surface area contributed by atoms with Crippen LogP contribution in [-0.4, -0.2) is 20.4 Å². The van der Waals surface area contributed by atoms with Crippen LogP contribution in [0.25, 0.3) is 0 Å². The van der Waals surface area contributed by atoms with Gasteiger partial charge in [-0.15, -0.1) is 0 Å². The van der Waals surface area contributed by atoms with Crippen molar-refractivity contribution in [1.82, 2.24) is 4.98 Å². The predicted octanol–water partition coefficient (Wildman–Crippen LogP) is 2.96. The van der Waals surface area contributed by atoms with Crippen LogP contribution in [0, 0.1) is 11.6 Å². The zero-order valence-electron chi connectivity index (χ0n) is 10.7. The first-order chi connectivity index (χ1) is 9.85. The lowest BCUT2D eigenvalue weighted by atomic mass is 10.3. The lowest BCUT2D eigenvalue weighted by molar-refractivity contribution is 0.580. The molecule has 21 heavy (non-hydrogen) atoms. The number of rotatable bonds is 4. The molecule has 0 bridgehead atoms. The van der Waals surface area contributed by atoms with Gasteiger partial charge in [0.15, 0.2) is 16.7 Å². The lowest BCUT2D eigenvalue weighted by Crippen LogP contribution is -2.18. The van der Waals surface area contributed by atoms with Crippen molar-refractivity contribution in [3.8, 4) is 0 Å². The largest absolute Gasteiger partial charge is 0.386 e. The van der Waals surface area contributed by atoms with E-state index in [4.69, 9.17) is 0 Å². The first-order valence-corrected chi connectivity index (χ1v) is 7.93. The number of nitrogens with one attached hydrogen (secondary N) is 2. The van der Waals surface area contributed by atoms with Crippen LogP contribution in [0.2, 0.25) is 0 Å². The van der Waals surface area contributed by atoms with Crippen LogP contribution in [-0.2, 0) is 10.0 Å². The second-order valence-corrected chi connectivity index (χ2v) is 6.47. The Kier molecular flexibility index (Phi) is 4.43. The summed E-state index contributed by atoms with van der Waals surface area (Å²) in [6.07, 6.45) is 1.27. The quantitative estimate of drug-likeness (QED) is 0.858. The van der Waals surface area contributed by atoms with E-state index in [9.17, 15) is 17.2 Å². The van der Waals surface area contributed by atoms with E-state index in [2.05, 4.69) is 26.2 Å². The van der Waals surface area contributed by atoms with Crippen LogP contribution in [0.15, 0.2) is 40.0 Å². The van der Waals surface area contributed by atoms with Crippen molar-refractivity contribution in [3.63, 3.8) is 0 Å². The van der Waals surface area contributed by atoms with Crippen LogP contribution in [0.5, 0.6) is 0 Å². The van der Waals surface area contributed by atoms with Gasteiger partial charge in [-0.1, -0.05) is 15.9 Å². The average Bonchev–Trinajstić information content (AvgIpc) is 2.43. The van der Waals surface area contributed by atoms with Crippen molar-refractivity contribution >= 4 is 37.3 Å². The number of pyridine rings is 1. The smallest absolute Gasteiger partial charge is 0.281 e. The van der Waals surface area contributed by atoms with Crippen molar-refractivity contribution in [2.75, 3.05) is 17.1 Å². The molecule has 0 saturated heterocycles. The molecule has 0 aliphatic rings. The van der Waals surface area contributed by atoms with Gasteiger partial charge in [0.1, 0.15) is 5.69 Å². The summed E-state index contributed by atoms with van der Waals surface area (Å²) in [5.74, 6) is -2.07. The lowest BCUT2D eigenvalue weighted by Gasteiger charge is -2.12. The molecule has 9 heteroatoms. The molecule has 0 unspecified atom stereocenters. The molecule has 5 nitrogen and oxygen atoms in total. The molecule has 2 aromatic rings. The van der Waals surface area contributed by atoms with Crippen LogP contribution in [0.3, 0.4) is 0 Å². The highest BCUT2D eigenvalue weighted by Crippen LogP contribution is 2.27. The molecule has 2 rings (SSSR count). The summed E-state index contributed by atoms with van der Waals surface area (Å²) in [5.41, 5.74) is -0.547. The Bertz CT molecular complexity index is 761. The topological polar surface area (TPSA) is 71.1 Å². The fourth-order valence-electron chi connectivity index (χ4n) is 1.62. The van der Waals surface area contributed by atoms with E-state index in [1.165, 1.54) is 25.4 Å². The Balaban J connectivity index is 2.48. The summed E-state index contributed by atoms with van der Waals surface area (Å²) in [5, 5.41) is 2.30. The number of aromatic nitrogens is 1.